The number of esters is 3. The van der Waals surface area contributed by atoms with E-state index in [1.165, 1.54) is 0 Å². The summed E-state index contributed by atoms with van der Waals surface area (Å²) in [4.78, 5) is 34.4. The van der Waals surface area contributed by atoms with E-state index in [2.05, 4.69) is 9.47 Å². The van der Waals surface area contributed by atoms with E-state index in [4.69, 9.17) is 10.5 Å². The van der Waals surface area contributed by atoms with Gasteiger partial charge in [0.25, 0.3) is 0 Å². The van der Waals surface area contributed by atoms with Crippen molar-refractivity contribution in [3.05, 3.63) is 35.9 Å². The van der Waals surface area contributed by atoms with Crippen molar-refractivity contribution in [1.82, 2.24) is 0 Å². The summed E-state index contributed by atoms with van der Waals surface area (Å²) in [7, 11) is 2.25. The molecule has 0 aliphatic heterocycles. The summed E-state index contributed by atoms with van der Waals surface area (Å²) in [6.07, 6.45) is -0.174. The molecule has 0 heterocycles. The van der Waals surface area contributed by atoms with E-state index in [-0.39, 0.29) is 19.4 Å². The van der Waals surface area contributed by atoms with Gasteiger partial charge in [0.15, 0.2) is 0 Å². The van der Waals surface area contributed by atoms with E-state index in [1.54, 1.807) is 24.3 Å². The highest BCUT2D eigenvalue weighted by molar-refractivity contribution is 5.80. The molecule has 0 fully saturated rings. The molecular weight excluding hydrogens is 510 g/mol. The van der Waals surface area contributed by atoms with Gasteiger partial charge in [-0.25, -0.2) is 17.6 Å². The van der Waals surface area contributed by atoms with Crippen LogP contribution in [0.3, 0.4) is 0 Å². The average molecular weight is 552 g/mol. The van der Waals surface area contributed by atoms with Crippen molar-refractivity contribution in [3.8, 4) is 0 Å². The third-order valence-electron chi connectivity index (χ3n) is 5.55. The normalized spacial score (nSPS) is 13.0. The van der Waals surface area contributed by atoms with Gasteiger partial charge in [0, 0.05) is 25.7 Å². The lowest BCUT2D eigenvalue weighted by molar-refractivity contribution is -0.157. The van der Waals surface area contributed by atoms with Crippen LogP contribution in [-0.2, 0) is 35.2 Å². The Hall–Kier alpha value is -2.69. The van der Waals surface area contributed by atoms with Gasteiger partial charge in [-0.2, -0.15) is 0 Å². The van der Waals surface area contributed by atoms with Crippen LogP contribution in [0, 0.1) is 5.92 Å². The van der Waals surface area contributed by atoms with Gasteiger partial charge in [-0.1, -0.05) is 57.0 Å². The smallest absolute Gasteiger partial charge is 0.322 e. The third kappa shape index (κ3) is 16.2. The Morgan fingerprint density at radius 1 is 0.842 bits per heavy atom. The van der Waals surface area contributed by atoms with Crippen LogP contribution in [0.15, 0.2) is 30.3 Å². The minimum Gasteiger partial charge on any atom is -0.469 e. The van der Waals surface area contributed by atoms with Gasteiger partial charge in [-0.15, -0.1) is 0 Å². The lowest BCUT2D eigenvalue weighted by Crippen LogP contribution is -2.37. The zero-order valence-corrected chi connectivity index (χ0v) is 22.7. The number of hydrogen-bond donors (Lipinski definition) is 1. The second-order valence-corrected chi connectivity index (χ2v) is 9.03. The molecule has 38 heavy (non-hydrogen) atoms. The second kappa shape index (κ2) is 18.5. The van der Waals surface area contributed by atoms with Crippen LogP contribution in [0.2, 0.25) is 0 Å². The van der Waals surface area contributed by atoms with Crippen molar-refractivity contribution in [1.29, 1.82) is 0 Å². The van der Waals surface area contributed by atoms with Gasteiger partial charge in [0.1, 0.15) is 12.6 Å². The van der Waals surface area contributed by atoms with E-state index < -0.39 is 61.0 Å². The number of benzene rings is 1. The van der Waals surface area contributed by atoms with Crippen LogP contribution in [0.4, 0.5) is 17.6 Å². The second-order valence-electron chi connectivity index (χ2n) is 9.03. The minimum atomic E-state index is -3.01. The molecule has 0 aliphatic carbocycles. The molecule has 7 nitrogen and oxygen atoms in total. The van der Waals surface area contributed by atoms with Gasteiger partial charge in [0.2, 0.25) is 11.8 Å². The molecule has 0 aromatic heterocycles. The fourth-order valence-electron chi connectivity index (χ4n) is 3.40. The van der Waals surface area contributed by atoms with E-state index in [9.17, 15) is 31.9 Å². The van der Waals surface area contributed by atoms with Crippen LogP contribution in [-0.4, -0.2) is 50.0 Å². The van der Waals surface area contributed by atoms with Gasteiger partial charge in [-0.05, 0) is 18.4 Å². The first kappa shape index (κ1) is 35.3. The minimum absolute atomic E-state index is 0.0415. The number of nitrogens with two attached hydrogens (primary N) is 1. The maximum absolute atomic E-state index is 13.9. The molecular formula is C27H41F4NO6. The van der Waals surface area contributed by atoms with Crippen LogP contribution in [0.1, 0.15) is 77.2 Å². The number of hydrogen-bond acceptors (Lipinski definition) is 7. The van der Waals surface area contributed by atoms with Crippen molar-refractivity contribution < 1.29 is 46.2 Å². The average Bonchev–Trinajstić information content (AvgIpc) is 2.88. The number of carbonyl (C=O) groups excluding carboxylic acids is 3. The maximum Gasteiger partial charge on any atom is 0.322 e. The summed E-state index contributed by atoms with van der Waals surface area (Å²) >= 11 is 0. The summed E-state index contributed by atoms with van der Waals surface area (Å²) in [5.41, 5.74) is 6.02. The molecule has 0 bridgehead atoms. The van der Waals surface area contributed by atoms with Crippen molar-refractivity contribution >= 4 is 17.9 Å². The van der Waals surface area contributed by atoms with E-state index >= 15 is 0 Å². The Morgan fingerprint density at radius 3 is 1.82 bits per heavy atom. The molecule has 0 aliphatic rings. The van der Waals surface area contributed by atoms with Crippen molar-refractivity contribution in [2.24, 2.45) is 11.7 Å². The molecule has 0 unspecified atom stereocenters. The topological polar surface area (TPSA) is 105 Å². The molecule has 0 radical (unpaired) electrons. The molecule has 1 aromatic carbocycles. The highest BCUT2D eigenvalue weighted by Gasteiger charge is 2.37. The zero-order chi connectivity index (χ0) is 29.2. The van der Waals surface area contributed by atoms with Crippen molar-refractivity contribution in [2.75, 3.05) is 14.2 Å². The Morgan fingerprint density at radius 2 is 1.34 bits per heavy atom. The lowest BCUT2D eigenvalue weighted by atomic mass is 9.94. The molecule has 0 spiro atoms. The van der Waals surface area contributed by atoms with Gasteiger partial charge >= 0.3 is 17.9 Å². The molecule has 2 N–H and O–H groups in total. The van der Waals surface area contributed by atoms with Crippen LogP contribution in [0.5, 0.6) is 0 Å². The predicted molar refractivity (Wildman–Crippen MR) is 135 cm³/mol. The quantitative estimate of drug-likeness (QED) is 0.157. The van der Waals surface area contributed by atoms with E-state index in [0.29, 0.717) is 25.7 Å². The Bertz CT molecular complexity index is 823. The molecule has 0 amide bonds. The first-order chi connectivity index (χ1) is 17.8. The molecule has 218 valence electrons. The van der Waals surface area contributed by atoms with E-state index in [1.807, 2.05) is 19.9 Å². The molecule has 0 saturated heterocycles. The first-order valence-corrected chi connectivity index (χ1v) is 12.7. The number of alkyl halides is 4. The van der Waals surface area contributed by atoms with Gasteiger partial charge in [-0.3, -0.25) is 14.4 Å². The fourth-order valence-corrected chi connectivity index (χ4v) is 3.40. The SMILES string of the molecule is CCCCC(F)(F)C[C@H](CC(=O)OCc1ccccc1)C(=O)OC.CCCCC(F)(F)C[C@H](N)C(=O)OC. The highest BCUT2D eigenvalue weighted by Crippen LogP contribution is 2.31. The van der Waals surface area contributed by atoms with Gasteiger partial charge in [0.05, 0.1) is 26.6 Å². The van der Waals surface area contributed by atoms with E-state index in [0.717, 1.165) is 19.8 Å². The van der Waals surface area contributed by atoms with Gasteiger partial charge < -0.3 is 19.9 Å². The van der Waals surface area contributed by atoms with Crippen LogP contribution in [0.25, 0.3) is 0 Å². The number of ether oxygens (including phenoxy) is 3. The molecule has 11 heteroatoms. The Balaban J connectivity index is 0.000000835. The Labute approximate surface area is 222 Å². The summed E-state index contributed by atoms with van der Waals surface area (Å²) in [5, 5.41) is 0. The molecule has 1 rings (SSSR count). The summed E-state index contributed by atoms with van der Waals surface area (Å²) < 4.78 is 67.8. The standard InChI is InChI=1S/C18H24F2O4.C9H17F2NO2/c1-3-4-10-18(19,20)12-15(17(22)23-2)11-16(21)24-13-14-8-6-5-7-9-14;1-3-4-5-9(10,11)6-7(12)8(13)14-2/h5-9,15H,3-4,10-13H2,1-2H3;7H,3-6,12H2,1-2H3/t15-;7-/m00/s1. The number of carbonyl (C=O) groups is 3. The lowest BCUT2D eigenvalue weighted by Gasteiger charge is -2.21. The molecule has 2 atom stereocenters. The number of unbranched alkanes of at least 4 members (excludes halogenated alkanes) is 2. The maximum atomic E-state index is 13.9. The van der Waals surface area contributed by atoms with Crippen LogP contribution >= 0.6 is 0 Å². The summed E-state index contributed by atoms with van der Waals surface area (Å²) in [5.74, 6) is -9.38. The highest BCUT2D eigenvalue weighted by atomic mass is 19.3. The number of halogens is 4. The van der Waals surface area contributed by atoms with Crippen LogP contribution < -0.4 is 5.73 Å². The third-order valence-corrected chi connectivity index (χ3v) is 5.55. The molecule has 1 aromatic rings. The zero-order valence-electron chi connectivity index (χ0n) is 22.7. The Kier molecular flexibility index (Phi) is 17.2. The fraction of sp³-hybridized carbons (Fsp3) is 0.667. The first-order valence-electron chi connectivity index (χ1n) is 12.7. The number of methoxy groups -OCH3 is 2. The largest absolute Gasteiger partial charge is 0.469 e. The summed E-state index contributed by atoms with van der Waals surface area (Å²) in [6.45, 7) is 3.69. The molecule has 0 saturated carbocycles. The summed E-state index contributed by atoms with van der Waals surface area (Å²) in [6, 6.07) is 7.76. The monoisotopic (exact) mass is 551 g/mol. The number of rotatable bonds is 16. The van der Waals surface area contributed by atoms with Crippen molar-refractivity contribution in [3.63, 3.8) is 0 Å². The predicted octanol–water partition coefficient (Wildman–Crippen LogP) is 5.83. The van der Waals surface area contributed by atoms with Crippen molar-refractivity contribution in [2.45, 2.75) is 96.1 Å².